The molecule has 2 amide bonds. The van der Waals surface area contributed by atoms with E-state index in [0.29, 0.717) is 37.1 Å². The normalized spacial score (nSPS) is 18.6. The fourth-order valence-electron chi connectivity index (χ4n) is 3.48. The fraction of sp³-hybridized carbons (Fsp3) is 0.579. The molecule has 27 heavy (non-hydrogen) atoms. The molecule has 0 radical (unpaired) electrons. The molecule has 1 saturated carbocycles. The molecule has 3 heterocycles. The van der Waals surface area contributed by atoms with Crippen molar-refractivity contribution in [1.82, 2.24) is 20.2 Å². The van der Waals surface area contributed by atoms with Crippen LogP contribution in [0.15, 0.2) is 0 Å². The number of hydrogen-bond acceptors (Lipinski definition) is 6. The highest BCUT2D eigenvalue weighted by atomic mass is 32.1. The van der Waals surface area contributed by atoms with E-state index in [1.807, 2.05) is 13.8 Å². The summed E-state index contributed by atoms with van der Waals surface area (Å²) in [5.41, 5.74) is 1.81. The highest BCUT2D eigenvalue weighted by Crippen LogP contribution is 2.40. The molecule has 0 bridgehead atoms. The fourth-order valence-corrected chi connectivity index (χ4v) is 4.62. The van der Waals surface area contributed by atoms with Crippen LogP contribution < -0.4 is 5.32 Å². The number of aryl methyl sites for hydroxylation is 2. The van der Waals surface area contributed by atoms with Gasteiger partial charge in [0, 0.05) is 24.4 Å². The Kier molecular flexibility index (Phi) is 4.86. The second-order valence-corrected chi connectivity index (χ2v) is 8.31. The number of ether oxygens (including phenoxy) is 1. The highest BCUT2D eigenvalue weighted by molar-refractivity contribution is 7.20. The lowest BCUT2D eigenvalue weighted by Gasteiger charge is -2.29. The molecule has 1 unspecified atom stereocenters. The van der Waals surface area contributed by atoms with Gasteiger partial charge in [0.05, 0.1) is 23.8 Å². The third-order valence-corrected chi connectivity index (χ3v) is 6.36. The number of thiophene rings is 1. The Morgan fingerprint density at radius 3 is 2.59 bits per heavy atom. The Hall–Kier alpha value is -2.06. The minimum atomic E-state index is -0.575. The number of rotatable bonds is 4. The van der Waals surface area contributed by atoms with Gasteiger partial charge in [-0.3, -0.25) is 9.59 Å². The van der Waals surface area contributed by atoms with Gasteiger partial charge in [0.1, 0.15) is 16.7 Å². The van der Waals surface area contributed by atoms with E-state index in [1.165, 1.54) is 11.3 Å². The first-order valence-corrected chi connectivity index (χ1v) is 10.2. The monoisotopic (exact) mass is 388 g/mol. The average molecular weight is 388 g/mol. The molecule has 0 aromatic carbocycles. The summed E-state index contributed by atoms with van der Waals surface area (Å²) in [5, 5.41) is 3.82. The van der Waals surface area contributed by atoms with Crippen molar-refractivity contribution in [2.75, 3.05) is 26.3 Å². The van der Waals surface area contributed by atoms with Crippen LogP contribution in [0.3, 0.4) is 0 Å². The van der Waals surface area contributed by atoms with Gasteiger partial charge in [0.15, 0.2) is 0 Å². The summed E-state index contributed by atoms with van der Waals surface area (Å²) in [5.74, 6) is 1.07. The van der Waals surface area contributed by atoms with E-state index < -0.39 is 6.04 Å². The van der Waals surface area contributed by atoms with E-state index in [9.17, 15) is 9.59 Å². The van der Waals surface area contributed by atoms with Crippen LogP contribution in [0.1, 0.15) is 52.4 Å². The van der Waals surface area contributed by atoms with E-state index in [4.69, 9.17) is 4.74 Å². The molecule has 2 aliphatic rings. The van der Waals surface area contributed by atoms with Crippen LogP contribution in [0.4, 0.5) is 0 Å². The van der Waals surface area contributed by atoms with Crippen LogP contribution in [-0.2, 0) is 9.53 Å². The SMILES string of the molecule is Cc1nc(C2CC2)nc2sc(C(=O)NC(C)C(=O)N3CCOCC3)c(C)c12. The Bertz CT molecular complexity index is 900. The van der Waals surface area contributed by atoms with E-state index in [1.54, 1.807) is 11.8 Å². The largest absolute Gasteiger partial charge is 0.378 e. The average Bonchev–Trinajstić information content (AvgIpc) is 3.45. The van der Waals surface area contributed by atoms with Crippen LogP contribution in [0.25, 0.3) is 10.2 Å². The van der Waals surface area contributed by atoms with E-state index in [2.05, 4.69) is 15.3 Å². The first kappa shape index (κ1) is 18.3. The predicted molar refractivity (Wildman–Crippen MR) is 103 cm³/mol. The van der Waals surface area contributed by atoms with Crippen LogP contribution in [0, 0.1) is 13.8 Å². The summed E-state index contributed by atoms with van der Waals surface area (Å²) in [4.78, 5) is 37.9. The van der Waals surface area contributed by atoms with E-state index >= 15 is 0 Å². The van der Waals surface area contributed by atoms with Crippen molar-refractivity contribution in [3.05, 3.63) is 22.0 Å². The minimum Gasteiger partial charge on any atom is -0.378 e. The second-order valence-electron chi connectivity index (χ2n) is 7.31. The van der Waals surface area contributed by atoms with Crippen molar-refractivity contribution in [1.29, 1.82) is 0 Å². The van der Waals surface area contributed by atoms with Crippen LogP contribution >= 0.6 is 11.3 Å². The number of carbonyl (C=O) groups is 2. The van der Waals surface area contributed by atoms with Gasteiger partial charge in [-0.25, -0.2) is 9.97 Å². The molecule has 2 aromatic heterocycles. The highest BCUT2D eigenvalue weighted by Gasteiger charge is 2.29. The molecule has 1 atom stereocenters. The number of nitrogens with one attached hydrogen (secondary N) is 1. The van der Waals surface area contributed by atoms with Gasteiger partial charge >= 0.3 is 0 Å². The predicted octanol–water partition coefficient (Wildman–Crippen LogP) is 2.16. The van der Waals surface area contributed by atoms with Crippen molar-refractivity contribution in [3.8, 4) is 0 Å². The molecule has 2 aromatic rings. The van der Waals surface area contributed by atoms with Crippen molar-refractivity contribution in [3.63, 3.8) is 0 Å². The van der Waals surface area contributed by atoms with Gasteiger partial charge in [-0.2, -0.15) is 0 Å². The summed E-state index contributed by atoms with van der Waals surface area (Å²) < 4.78 is 5.28. The van der Waals surface area contributed by atoms with Gasteiger partial charge < -0.3 is 15.0 Å². The molecule has 1 aliphatic carbocycles. The van der Waals surface area contributed by atoms with Crippen molar-refractivity contribution >= 4 is 33.4 Å². The first-order chi connectivity index (χ1) is 13.0. The van der Waals surface area contributed by atoms with Crippen molar-refractivity contribution < 1.29 is 14.3 Å². The van der Waals surface area contributed by atoms with Crippen molar-refractivity contribution in [2.45, 2.75) is 45.6 Å². The van der Waals surface area contributed by atoms with Crippen molar-refractivity contribution in [2.24, 2.45) is 0 Å². The molecule has 7 nitrogen and oxygen atoms in total. The van der Waals surface area contributed by atoms with Gasteiger partial charge in [-0.15, -0.1) is 11.3 Å². The second kappa shape index (κ2) is 7.16. The maximum Gasteiger partial charge on any atom is 0.262 e. The Balaban J connectivity index is 1.54. The molecule has 144 valence electrons. The molecule has 1 saturated heterocycles. The Labute approximate surface area is 162 Å². The van der Waals surface area contributed by atoms with Gasteiger partial charge in [0.25, 0.3) is 5.91 Å². The number of amides is 2. The van der Waals surface area contributed by atoms with Crippen LogP contribution in [-0.4, -0.2) is 59.0 Å². The molecule has 0 spiro atoms. The summed E-state index contributed by atoms with van der Waals surface area (Å²) in [6.45, 7) is 7.86. The number of fused-ring (bicyclic) bond motifs is 1. The molecule has 8 heteroatoms. The first-order valence-electron chi connectivity index (χ1n) is 9.40. The third kappa shape index (κ3) is 3.55. The number of morpholine rings is 1. The molecule has 4 rings (SSSR count). The third-order valence-electron chi connectivity index (χ3n) is 5.18. The maximum atomic E-state index is 12.8. The molecule has 2 fully saturated rings. The minimum absolute atomic E-state index is 0.0718. The maximum absolute atomic E-state index is 12.8. The lowest BCUT2D eigenvalue weighted by molar-refractivity contribution is -0.136. The quantitative estimate of drug-likeness (QED) is 0.868. The van der Waals surface area contributed by atoms with Crippen LogP contribution in [0.2, 0.25) is 0 Å². The summed E-state index contributed by atoms with van der Waals surface area (Å²) >= 11 is 1.39. The topological polar surface area (TPSA) is 84.4 Å². The number of carbonyl (C=O) groups excluding carboxylic acids is 2. The van der Waals surface area contributed by atoms with Gasteiger partial charge in [-0.1, -0.05) is 0 Å². The van der Waals surface area contributed by atoms with E-state index in [0.717, 1.165) is 40.1 Å². The number of hydrogen-bond donors (Lipinski definition) is 1. The molecule has 1 aliphatic heterocycles. The zero-order valence-electron chi connectivity index (χ0n) is 15.9. The summed E-state index contributed by atoms with van der Waals surface area (Å²) in [6, 6.07) is -0.575. The lowest BCUT2D eigenvalue weighted by Crippen LogP contribution is -2.50. The summed E-state index contributed by atoms with van der Waals surface area (Å²) in [6.07, 6.45) is 2.29. The number of nitrogens with zero attached hydrogens (tertiary/aromatic N) is 3. The lowest BCUT2D eigenvalue weighted by atomic mass is 10.1. The molecular formula is C19H24N4O3S. The zero-order chi connectivity index (χ0) is 19.1. The van der Waals surface area contributed by atoms with Gasteiger partial charge in [-0.05, 0) is 39.2 Å². The summed E-state index contributed by atoms with van der Waals surface area (Å²) in [7, 11) is 0. The molecule has 1 N–H and O–H groups in total. The smallest absolute Gasteiger partial charge is 0.262 e. The zero-order valence-corrected chi connectivity index (χ0v) is 16.7. The Morgan fingerprint density at radius 1 is 1.22 bits per heavy atom. The van der Waals surface area contributed by atoms with E-state index in [-0.39, 0.29) is 11.8 Å². The number of aromatic nitrogens is 2. The standard InChI is InChI=1S/C19H24N4O3S/c1-10-14-11(2)20-16(13-4-5-13)22-18(14)27-15(10)17(24)21-12(3)19(25)23-6-8-26-9-7-23/h12-13H,4-9H2,1-3H3,(H,21,24). The molecular weight excluding hydrogens is 364 g/mol. The van der Waals surface area contributed by atoms with Gasteiger partial charge in [0.2, 0.25) is 5.91 Å². The van der Waals surface area contributed by atoms with Crippen LogP contribution in [0.5, 0.6) is 0 Å². The Morgan fingerprint density at radius 2 is 1.93 bits per heavy atom.